The third kappa shape index (κ3) is 6.06. The fourth-order valence-electron chi connectivity index (χ4n) is 4.95. The summed E-state index contributed by atoms with van der Waals surface area (Å²) in [5, 5.41) is 21.5. The van der Waals surface area contributed by atoms with Gasteiger partial charge in [-0.1, -0.05) is 24.9 Å². The molecule has 1 unspecified atom stereocenters. The molecule has 3 heterocycles. The van der Waals surface area contributed by atoms with Crippen LogP contribution in [0.4, 0.5) is 27.8 Å². The van der Waals surface area contributed by atoms with Gasteiger partial charge in [-0.2, -0.15) is 13.2 Å². The summed E-state index contributed by atoms with van der Waals surface area (Å²) in [5.41, 5.74) is -3.91. The Bertz CT molecular complexity index is 1480. The number of pyridine rings is 2. The molecule has 0 saturated carbocycles. The maximum atomic E-state index is 15.1. The monoisotopic (exact) mass is 588 g/mol. The Morgan fingerprint density at radius 1 is 1.18 bits per heavy atom. The second-order valence-corrected chi connectivity index (χ2v) is 10.5. The van der Waals surface area contributed by atoms with Crippen molar-refractivity contribution >= 4 is 34.4 Å². The van der Waals surface area contributed by atoms with E-state index in [1.807, 2.05) is 0 Å². The van der Waals surface area contributed by atoms with Crippen molar-refractivity contribution in [3.05, 3.63) is 62.9 Å². The predicted molar refractivity (Wildman–Crippen MR) is 138 cm³/mol. The van der Waals surface area contributed by atoms with Gasteiger partial charge in [0.2, 0.25) is 5.43 Å². The largest absolute Gasteiger partial charge is 0.391 e. The lowest BCUT2D eigenvalue weighted by Crippen LogP contribution is -2.49. The van der Waals surface area contributed by atoms with E-state index < -0.39 is 69.6 Å². The highest BCUT2D eigenvalue weighted by atomic mass is 35.5. The molecular weight excluding hydrogens is 563 g/mol. The molecule has 0 spiro atoms. The molecule has 8 nitrogen and oxygen atoms in total. The van der Waals surface area contributed by atoms with Gasteiger partial charge in [0, 0.05) is 30.9 Å². The zero-order chi connectivity index (χ0) is 29.6. The van der Waals surface area contributed by atoms with Gasteiger partial charge in [-0.15, -0.1) is 0 Å². The molecule has 1 saturated heterocycles. The Hall–Kier alpha value is -3.29. The number of anilines is 1. The first-order valence-electron chi connectivity index (χ1n) is 12.3. The summed E-state index contributed by atoms with van der Waals surface area (Å²) in [6, 6.07) is 4.00. The fraction of sp³-hybridized carbons (Fsp3) is 0.423. The third-order valence-electron chi connectivity index (χ3n) is 6.69. The number of hydrogen-bond acceptors (Lipinski definition) is 6. The van der Waals surface area contributed by atoms with Crippen molar-refractivity contribution in [2.75, 3.05) is 18.0 Å². The second kappa shape index (κ2) is 10.9. The highest BCUT2D eigenvalue weighted by Crippen LogP contribution is 2.32. The summed E-state index contributed by atoms with van der Waals surface area (Å²) in [6.45, 7) is 2.87. The number of β-amino-alcohol motifs (C(OH)–C–C–N with tert-alkyl or cyclic N) is 2. The maximum absolute atomic E-state index is 15.1. The van der Waals surface area contributed by atoms with Crippen molar-refractivity contribution in [1.82, 2.24) is 14.9 Å². The number of rotatable bonds is 7. The van der Waals surface area contributed by atoms with Crippen LogP contribution in [0.5, 0.6) is 0 Å². The number of hydrogen-bond donors (Lipinski definition) is 3. The summed E-state index contributed by atoms with van der Waals surface area (Å²) < 4.78 is 69.7. The van der Waals surface area contributed by atoms with E-state index in [-0.39, 0.29) is 36.4 Å². The smallest absolute Gasteiger partial charge is 0.389 e. The number of aliphatic hydroxyl groups is 2. The Morgan fingerprint density at radius 2 is 1.82 bits per heavy atom. The first-order chi connectivity index (χ1) is 18.6. The Labute approximate surface area is 230 Å². The SMILES string of the molecule is CCCC(C)(CC(F)(F)F)NC(=O)c1cn(-c2c(F)cc(F)cc2Cl)c2nc(N3C[C@@H](O)[C@H](O)C3)ccc2c1=O. The number of fused-ring (bicyclic) bond motifs is 1. The Morgan fingerprint density at radius 3 is 2.40 bits per heavy atom. The molecule has 1 aliphatic heterocycles. The van der Waals surface area contributed by atoms with Crippen molar-refractivity contribution in [2.45, 2.75) is 57.0 Å². The second-order valence-electron chi connectivity index (χ2n) is 10.1. The van der Waals surface area contributed by atoms with Gasteiger partial charge in [-0.3, -0.25) is 14.2 Å². The topological polar surface area (TPSA) is 108 Å². The van der Waals surface area contributed by atoms with Gasteiger partial charge in [0.1, 0.15) is 22.9 Å². The average molecular weight is 589 g/mol. The van der Waals surface area contributed by atoms with E-state index in [1.165, 1.54) is 24.0 Å². The van der Waals surface area contributed by atoms with Gasteiger partial charge < -0.3 is 20.4 Å². The number of nitrogens with one attached hydrogen (secondary N) is 1. The van der Waals surface area contributed by atoms with Gasteiger partial charge in [-0.25, -0.2) is 13.8 Å². The van der Waals surface area contributed by atoms with Crippen LogP contribution >= 0.6 is 11.6 Å². The van der Waals surface area contributed by atoms with E-state index >= 15 is 4.39 Å². The molecule has 0 radical (unpaired) electrons. The predicted octanol–water partition coefficient (Wildman–Crippen LogP) is 4.10. The first-order valence-corrected chi connectivity index (χ1v) is 12.7. The highest BCUT2D eigenvalue weighted by Gasteiger charge is 2.40. The van der Waals surface area contributed by atoms with Crippen molar-refractivity contribution < 1.29 is 37.0 Å². The van der Waals surface area contributed by atoms with Crippen LogP contribution in [0.1, 0.15) is 43.5 Å². The molecule has 1 fully saturated rings. The summed E-state index contributed by atoms with van der Waals surface area (Å²) in [5.74, 6) is -3.10. The summed E-state index contributed by atoms with van der Waals surface area (Å²) in [7, 11) is 0. The van der Waals surface area contributed by atoms with E-state index in [4.69, 9.17) is 11.6 Å². The number of aromatic nitrogens is 2. The molecule has 3 aromatic rings. The number of benzene rings is 1. The van der Waals surface area contributed by atoms with Crippen LogP contribution in [0.25, 0.3) is 16.7 Å². The molecule has 3 N–H and O–H groups in total. The van der Waals surface area contributed by atoms with Crippen LogP contribution in [-0.4, -0.2) is 62.7 Å². The molecule has 216 valence electrons. The van der Waals surface area contributed by atoms with Crippen LogP contribution in [0.3, 0.4) is 0 Å². The fourth-order valence-corrected chi connectivity index (χ4v) is 5.24. The molecule has 0 bridgehead atoms. The van der Waals surface area contributed by atoms with Gasteiger partial charge in [-0.05, 0) is 31.5 Å². The van der Waals surface area contributed by atoms with E-state index in [1.54, 1.807) is 6.92 Å². The minimum absolute atomic E-state index is 0.00524. The molecule has 0 aliphatic carbocycles. The number of carbonyl (C=O) groups excluding carboxylic acids is 1. The van der Waals surface area contributed by atoms with Crippen LogP contribution in [-0.2, 0) is 0 Å². The van der Waals surface area contributed by atoms with Gasteiger partial charge in [0.05, 0.1) is 29.0 Å². The zero-order valence-electron chi connectivity index (χ0n) is 21.4. The van der Waals surface area contributed by atoms with E-state index in [9.17, 15) is 37.4 Å². The van der Waals surface area contributed by atoms with Crippen LogP contribution in [0, 0.1) is 11.6 Å². The molecule has 14 heteroatoms. The number of nitrogens with zero attached hydrogens (tertiary/aromatic N) is 3. The quantitative estimate of drug-likeness (QED) is 0.359. The molecule has 3 atom stereocenters. The summed E-state index contributed by atoms with van der Waals surface area (Å²) >= 11 is 6.16. The third-order valence-corrected chi connectivity index (χ3v) is 6.98. The molecule has 1 aliphatic rings. The molecule has 2 aromatic heterocycles. The molecule has 1 aromatic carbocycles. The lowest BCUT2D eigenvalue weighted by molar-refractivity contribution is -0.148. The molecule has 1 amide bonds. The maximum Gasteiger partial charge on any atom is 0.391 e. The molecular formula is C26H26ClF5N4O4. The summed E-state index contributed by atoms with van der Waals surface area (Å²) in [6.07, 6.45) is -6.94. The number of amides is 1. The lowest BCUT2D eigenvalue weighted by Gasteiger charge is -2.31. The number of alkyl halides is 3. The minimum atomic E-state index is -4.61. The lowest BCUT2D eigenvalue weighted by atomic mass is 9.91. The normalized spacial score (nSPS) is 19.2. The first kappa shape index (κ1) is 29.7. The van der Waals surface area contributed by atoms with Gasteiger partial charge in [0.15, 0.2) is 11.5 Å². The minimum Gasteiger partial charge on any atom is -0.389 e. The Balaban J connectivity index is 1.91. The van der Waals surface area contributed by atoms with E-state index in [2.05, 4.69) is 10.3 Å². The van der Waals surface area contributed by atoms with E-state index in [0.717, 1.165) is 16.8 Å². The molecule has 4 rings (SSSR count). The number of carbonyl (C=O) groups is 1. The van der Waals surface area contributed by atoms with E-state index in [0.29, 0.717) is 12.5 Å². The number of aliphatic hydroxyl groups excluding tert-OH is 2. The Kier molecular flexibility index (Phi) is 8.12. The standard InChI is InChI=1S/C26H26ClF5N4O4/c1-3-6-25(2,12-26(30,31)32)34-24(40)15-9-36(21-16(27)7-13(28)8-17(21)29)23-14(22(15)39)4-5-20(33-23)35-10-18(37)19(38)11-35/h4-5,7-9,18-19,37-38H,3,6,10-12H2,1-2H3,(H,34,40)/t18-,19-,25?/m1/s1. The van der Waals surface area contributed by atoms with Crippen molar-refractivity contribution in [3.63, 3.8) is 0 Å². The van der Waals surface area contributed by atoms with Gasteiger partial charge in [0.25, 0.3) is 5.91 Å². The van der Waals surface area contributed by atoms with Crippen LogP contribution in [0.15, 0.2) is 35.3 Å². The van der Waals surface area contributed by atoms with Crippen LogP contribution < -0.4 is 15.6 Å². The zero-order valence-corrected chi connectivity index (χ0v) is 22.2. The van der Waals surface area contributed by atoms with Gasteiger partial charge >= 0.3 is 6.18 Å². The number of halogens is 6. The van der Waals surface area contributed by atoms with Crippen LogP contribution in [0.2, 0.25) is 5.02 Å². The average Bonchev–Trinajstić information content (AvgIpc) is 3.16. The van der Waals surface area contributed by atoms with Crippen molar-refractivity contribution in [2.24, 2.45) is 0 Å². The molecule has 40 heavy (non-hydrogen) atoms. The van der Waals surface area contributed by atoms with Crippen molar-refractivity contribution in [3.8, 4) is 5.69 Å². The summed E-state index contributed by atoms with van der Waals surface area (Å²) in [4.78, 5) is 32.6. The van der Waals surface area contributed by atoms with Crippen molar-refractivity contribution in [1.29, 1.82) is 0 Å². The highest BCUT2D eigenvalue weighted by molar-refractivity contribution is 6.32.